The first-order chi connectivity index (χ1) is 22.5. The maximum Gasteiger partial charge on any atom is 0.416 e. The first kappa shape index (κ1) is 31.5. The molecule has 9 nitrogen and oxygen atoms in total. The molecule has 3 aromatic carbocycles. The molecule has 0 spiro atoms. The molecular formula is C34H28F4N6O3. The fraction of sp³-hybridized carbons (Fsp3) is 0.265. The Morgan fingerprint density at radius 3 is 2.43 bits per heavy atom. The normalized spacial score (nSPS) is 19.4. The zero-order valence-corrected chi connectivity index (χ0v) is 25.0. The summed E-state index contributed by atoms with van der Waals surface area (Å²) in [6.45, 7) is 1.76. The number of hydrogen-bond acceptors (Lipinski definition) is 5. The van der Waals surface area contributed by atoms with Crippen LogP contribution < -0.4 is 10.2 Å². The number of fused-ring (bicyclic) bond motifs is 1. The Bertz CT molecular complexity index is 1880. The van der Waals surface area contributed by atoms with Crippen molar-refractivity contribution in [1.29, 1.82) is 5.26 Å². The maximum atomic E-state index is 14.4. The van der Waals surface area contributed by atoms with Crippen LogP contribution in [0.2, 0.25) is 0 Å². The zero-order valence-electron chi connectivity index (χ0n) is 25.0. The Morgan fingerprint density at radius 2 is 1.77 bits per heavy atom. The molecule has 0 bridgehead atoms. The van der Waals surface area contributed by atoms with Crippen LogP contribution in [0, 0.1) is 17.1 Å². The van der Waals surface area contributed by atoms with Gasteiger partial charge in [0.05, 0.1) is 29.6 Å². The van der Waals surface area contributed by atoms with Crippen molar-refractivity contribution in [2.75, 3.05) is 11.4 Å². The molecule has 1 N–H and O–H groups in total. The number of halogens is 4. The van der Waals surface area contributed by atoms with Gasteiger partial charge in [-0.25, -0.2) is 9.07 Å². The number of nitrogens with zero attached hydrogens (tertiary/aromatic N) is 5. The van der Waals surface area contributed by atoms with Gasteiger partial charge in [0.2, 0.25) is 5.91 Å². The molecular weight excluding hydrogens is 616 g/mol. The van der Waals surface area contributed by atoms with E-state index in [1.165, 1.54) is 40.1 Å². The number of alkyl halides is 3. The van der Waals surface area contributed by atoms with Crippen molar-refractivity contribution in [3.8, 4) is 11.8 Å². The molecule has 0 aliphatic carbocycles. The second-order valence-electron chi connectivity index (χ2n) is 11.3. The Labute approximate surface area is 267 Å². The summed E-state index contributed by atoms with van der Waals surface area (Å²) in [5.74, 6) is -2.91. The van der Waals surface area contributed by atoms with Gasteiger partial charge in [0, 0.05) is 30.0 Å². The minimum atomic E-state index is -4.70. The fourth-order valence-electron chi connectivity index (χ4n) is 6.26. The van der Waals surface area contributed by atoms with Crippen LogP contribution >= 0.6 is 0 Å². The summed E-state index contributed by atoms with van der Waals surface area (Å²) in [6.07, 6.45) is -4.18. The Kier molecular flexibility index (Phi) is 8.27. The molecule has 3 amide bonds. The van der Waals surface area contributed by atoms with Gasteiger partial charge in [-0.15, -0.1) is 0 Å². The summed E-state index contributed by atoms with van der Waals surface area (Å²) >= 11 is 0. The summed E-state index contributed by atoms with van der Waals surface area (Å²) in [6, 6.07) is 18.2. The number of likely N-dealkylation sites (N-methyl/N-ethyl adjacent to an activating group) is 1. The summed E-state index contributed by atoms with van der Waals surface area (Å²) in [5, 5.41) is 17.3. The number of para-hydroxylation sites is 1. The highest BCUT2D eigenvalue weighted by molar-refractivity contribution is 6.05. The molecule has 4 aromatic rings. The van der Waals surface area contributed by atoms with Crippen LogP contribution in [0.25, 0.3) is 5.69 Å². The molecule has 1 saturated heterocycles. The lowest BCUT2D eigenvalue weighted by Gasteiger charge is -2.38. The van der Waals surface area contributed by atoms with Crippen molar-refractivity contribution in [1.82, 2.24) is 20.0 Å². The van der Waals surface area contributed by atoms with Gasteiger partial charge >= 0.3 is 6.18 Å². The lowest BCUT2D eigenvalue weighted by molar-refractivity contribution is -0.137. The first-order valence-corrected chi connectivity index (χ1v) is 14.9. The highest BCUT2D eigenvalue weighted by Gasteiger charge is 2.47. The van der Waals surface area contributed by atoms with Crippen LogP contribution in [0.5, 0.6) is 0 Å². The average molecular weight is 645 g/mol. The van der Waals surface area contributed by atoms with E-state index in [2.05, 4.69) is 11.4 Å². The number of amides is 3. The number of nitrogens with one attached hydrogen (secondary N) is 1. The molecule has 1 aromatic heterocycles. The van der Waals surface area contributed by atoms with Gasteiger partial charge in [-0.3, -0.25) is 19.3 Å². The third-order valence-corrected chi connectivity index (χ3v) is 8.49. The Morgan fingerprint density at radius 1 is 1.04 bits per heavy atom. The van der Waals surface area contributed by atoms with E-state index in [1.807, 2.05) is 6.07 Å². The number of carbonyl (C=O) groups is 3. The Balaban J connectivity index is 1.55. The van der Waals surface area contributed by atoms with E-state index < -0.39 is 47.4 Å². The van der Waals surface area contributed by atoms with E-state index in [1.54, 1.807) is 35.9 Å². The number of hydrogen-bond donors (Lipinski definition) is 1. The molecule has 1 fully saturated rings. The summed E-state index contributed by atoms with van der Waals surface area (Å²) in [5.41, 5.74) is 0.478. The number of carbonyl (C=O) groups excluding carboxylic acids is 3. The van der Waals surface area contributed by atoms with Crippen molar-refractivity contribution in [3.63, 3.8) is 0 Å². The maximum absolute atomic E-state index is 14.4. The van der Waals surface area contributed by atoms with Crippen LogP contribution in [0.3, 0.4) is 0 Å². The van der Waals surface area contributed by atoms with Crippen LogP contribution in [-0.2, 0) is 22.3 Å². The van der Waals surface area contributed by atoms with Gasteiger partial charge in [0.15, 0.2) is 0 Å². The number of rotatable bonds is 7. The molecule has 6 rings (SSSR count). The van der Waals surface area contributed by atoms with Gasteiger partial charge in [0.25, 0.3) is 11.8 Å². The summed E-state index contributed by atoms with van der Waals surface area (Å²) in [7, 11) is 0. The Hall–Kier alpha value is -5.51. The monoisotopic (exact) mass is 644 g/mol. The zero-order chi connectivity index (χ0) is 33.5. The predicted molar refractivity (Wildman–Crippen MR) is 162 cm³/mol. The van der Waals surface area contributed by atoms with Gasteiger partial charge in [0.1, 0.15) is 23.7 Å². The van der Waals surface area contributed by atoms with Gasteiger partial charge in [-0.2, -0.15) is 23.5 Å². The molecule has 13 heteroatoms. The van der Waals surface area contributed by atoms with Crippen molar-refractivity contribution < 1.29 is 31.9 Å². The van der Waals surface area contributed by atoms with Gasteiger partial charge < -0.3 is 10.2 Å². The lowest BCUT2D eigenvalue weighted by Crippen LogP contribution is -2.55. The van der Waals surface area contributed by atoms with Crippen LogP contribution in [0.1, 0.15) is 58.4 Å². The predicted octanol–water partition coefficient (Wildman–Crippen LogP) is 5.34. The topological polar surface area (TPSA) is 111 Å². The van der Waals surface area contributed by atoms with Gasteiger partial charge in [-0.05, 0) is 61.4 Å². The minimum Gasteiger partial charge on any atom is -0.339 e. The molecule has 2 aliphatic heterocycles. The van der Waals surface area contributed by atoms with Crippen LogP contribution in [0.4, 0.5) is 23.4 Å². The van der Waals surface area contributed by atoms with E-state index in [4.69, 9.17) is 5.10 Å². The molecule has 47 heavy (non-hydrogen) atoms. The van der Waals surface area contributed by atoms with Crippen molar-refractivity contribution in [2.24, 2.45) is 0 Å². The van der Waals surface area contributed by atoms with E-state index in [0.29, 0.717) is 40.8 Å². The summed E-state index contributed by atoms with van der Waals surface area (Å²) < 4.78 is 56.2. The fourth-order valence-corrected chi connectivity index (χ4v) is 6.26. The number of aromatic nitrogens is 2. The number of benzene rings is 3. The van der Waals surface area contributed by atoms with E-state index >= 15 is 0 Å². The van der Waals surface area contributed by atoms with Crippen molar-refractivity contribution in [3.05, 3.63) is 113 Å². The number of likely N-dealkylation sites (tertiary alicyclic amines) is 1. The molecule has 3 atom stereocenters. The van der Waals surface area contributed by atoms with Gasteiger partial charge in [-0.1, -0.05) is 36.4 Å². The smallest absolute Gasteiger partial charge is 0.339 e. The van der Waals surface area contributed by atoms with E-state index in [-0.39, 0.29) is 31.0 Å². The quantitative estimate of drug-likeness (QED) is 0.273. The molecule has 0 radical (unpaired) electrons. The van der Waals surface area contributed by atoms with Crippen molar-refractivity contribution >= 4 is 23.5 Å². The number of nitriles is 1. The molecule has 2 aliphatic rings. The molecule has 240 valence electrons. The highest BCUT2D eigenvalue weighted by Crippen LogP contribution is 2.44. The standard InChI is InChI=1S/C34H28F4N6O3/c1-2-42-32-29(26(19-43-25(18-39)15-16-27(43)45)41-44(32)24-9-4-3-5-10-24)28(20-11-13-23(35)14-12-20)30(33(42)47)40-31(46)21-7-6-8-22(17-21)34(36,37)38/h3-14,17,25,28,30H,2,15-16,19H2,1H3,(H,40,46)/t25?,28-,30-/m0/s1. The van der Waals surface area contributed by atoms with Crippen molar-refractivity contribution in [2.45, 2.75) is 50.5 Å². The third-order valence-electron chi connectivity index (χ3n) is 8.49. The number of anilines is 1. The lowest BCUT2D eigenvalue weighted by atomic mass is 9.80. The first-order valence-electron chi connectivity index (χ1n) is 14.9. The molecule has 3 heterocycles. The third kappa shape index (κ3) is 5.82. The second-order valence-corrected chi connectivity index (χ2v) is 11.3. The van der Waals surface area contributed by atoms with E-state index in [9.17, 15) is 37.2 Å². The minimum absolute atomic E-state index is 0.0863. The molecule has 1 unspecified atom stereocenters. The largest absolute Gasteiger partial charge is 0.416 e. The van der Waals surface area contributed by atoms with E-state index in [0.717, 1.165) is 12.1 Å². The summed E-state index contributed by atoms with van der Waals surface area (Å²) in [4.78, 5) is 43.7. The highest BCUT2D eigenvalue weighted by atomic mass is 19.4. The molecule has 0 saturated carbocycles. The van der Waals surface area contributed by atoms with Crippen LogP contribution in [0.15, 0.2) is 78.9 Å². The second kappa shape index (κ2) is 12.4. The SMILES string of the molecule is CCN1C(=O)[C@@H](NC(=O)c2cccc(C(F)(F)F)c2)[C@@H](c2ccc(F)cc2)c2c(CN3C(=O)CCC3C#N)nn(-c3ccccc3)c21. The average Bonchev–Trinajstić information content (AvgIpc) is 3.61. The van der Waals surface area contributed by atoms with Crippen LogP contribution in [-0.4, -0.2) is 51.0 Å².